The van der Waals surface area contributed by atoms with Crippen molar-refractivity contribution in [3.8, 4) is 0 Å². The summed E-state index contributed by atoms with van der Waals surface area (Å²) < 4.78 is 35.9. The van der Waals surface area contributed by atoms with E-state index in [9.17, 15) is 13.2 Å². The third kappa shape index (κ3) is 4.68. The van der Waals surface area contributed by atoms with Gasteiger partial charge in [0, 0.05) is 17.8 Å². The van der Waals surface area contributed by atoms with Crippen LogP contribution in [0.3, 0.4) is 0 Å². The second kappa shape index (κ2) is 5.53. The molecule has 0 amide bonds. The first-order valence-electron chi connectivity index (χ1n) is 3.83. The Labute approximate surface area is 96.0 Å². The van der Waals surface area contributed by atoms with Crippen LogP contribution in [-0.4, -0.2) is 11.2 Å². The molecule has 0 unspecified atom stereocenters. The van der Waals surface area contributed by atoms with E-state index in [2.05, 4.69) is 4.98 Å². The minimum Gasteiger partial charge on any atom is -0.324 e. The molecule has 0 saturated heterocycles. The summed E-state index contributed by atoms with van der Waals surface area (Å²) in [6.45, 7) is 0. The van der Waals surface area contributed by atoms with Crippen molar-refractivity contribution in [3.63, 3.8) is 0 Å². The summed E-state index contributed by atoms with van der Waals surface area (Å²) in [4.78, 5) is 3.65. The van der Waals surface area contributed by atoms with Gasteiger partial charge in [-0.15, -0.1) is 12.4 Å². The van der Waals surface area contributed by atoms with Crippen LogP contribution in [-0.2, 0) is 0 Å². The van der Waals surface area contributed by atoms with Crippen molar-refractivity contribution in [1.29, 1.82) is 0 Å². The molecule has 0 aliphatic heterocycles. The van der Waals surface area contributed by atoms with E-state index in [1.54, 1.807) is 0 Å². The van der Waals surface area contributed by atoms with Crippen LogP contribution in [0.2, 0.25) is 5.15 Å². The number of hydrogen-bond acceptors (Lipinski definition) is 2. The van der Waals surface area contributed by atoms with Gasteiger partial charge in [0.1, 0.15) is 5.15 Å². The number of pyridine rings is 1. The number of aromatic nitrogens is 1. The minimum absolute atomic E-state index is 0. The van der Waals surface area contributed by atoms with Gasteiger partial charge in [-0.1, -0.05) is 17.7 Å². The number of nitrogens with two attached hydrogens (primary N) is 1. The first-order valence-corrected chi connectivity index (χ1v) is 4.20. The molecule has 86 valence electrons. The number of hydrogen-bond donors (Lipinski definition) is 1. The summed E-state index contributed by atoms with van der Waals surface area (Å²) >= 11 is 5.59. The number of nitrogens with zero attached hydrogens (tertiary/aromatic N) is 1. The van der Waals surface area contributed by atoms with E-state index in [0.29, 0.717) is 0 Å². The lowest BCUT2D eigenvalue weighted by Gasteiger charge is -2.14. The SMILES string of the molecule is Cl.N[C@H](CC(F)(F)F)c1cccnc1Cl. The Bertz CT molecular complexity index is 317. The van der Waals surface area contributed by atoms with Crippen molar-refractivity contribution in [1.82, 2.24) is 4.98 Å². The minimum atomic E-state index is -4.29. The average molecular weight is 261 g/mol. The molecule has 0 bridgehead atoms. The van der Waals surface area contributed by atoms with Gasteiger partial charge in [0.2, 0.25) is 0 Å². The third-order valence-corrected chi connectivity index (χ3v) is 1.95. The fraction of sp³-hybridized carbons (Fsp3) is 0.375. The lowest BCUT2D eigenvalue weighted by Crippen LogP contribution is -2.20. The summed E-state index contributed by atoms with van der Waals surface area (Å²) in [7, 11) is 0. The normalized spacial score (nSPS) is 13.1. The Morgan fingerprint density at radius 3 is 2.53 bits per heavy atom. The first-order chi connectivity index (χ1) is 6.40. The molecule has 0 aliphatic rings. The molecule has 2 N–H and O–H groups in total. The lowest BCUT2D eigenvalue weighted by atomic mass is 10.1. The predicted molar refractivity (Wildman–Crippen MR) is 54.1 cm³/mol. The largest absolute Gasteiger partial charge is 0.390 e. The maximum Gasteiger partial charge on any atom is 0.390 e. The maximum atomic E-state index is 12.0. The molecule has 1 heterocycles. The fourth-order valence-corrected chi connectivity index (χ4v) is 1.29. The molecular formula is C8H9Cl2F3N2. The third-order valence-electron chi connectivity index (χ3n) is 1.64. The van der Waals surface area contributed by atoms with Gasteiger partial charge in [0.15, 0.2) is 0 Å². The topological polar surface area (TPSA) is 38.9 Å². The van der Waals surface area contributed by atoms with Crippen molar-refractivity contribution < 1.29 is 13.2 Å². The smallest absolute Gasteiger partial charge is 0.324 e. The van der Waals surface area contributed by atoms with Gasteiger partial charge in [-0.05, 0) is 6.07 Å². The van der Waals surface area contributed by atoms with Crippen LogP contribution in [0, 0.1) is 0 Å². The zero-order valence-corrected chi connectivity index (χ0v) is 9.03. The van der Waals surface area contributed by atoms with E-state index in [0.717, 1.165) is 0 Å². The second-order valence-electron chi connectivity index (χ2n) is 2.81. The molecule has 0 spiro atoms. The molecular weight excluding hydrogens is 252 g/mol. The second-order valence-corrected chi connectivity index (χ2v) is 3.17. The Hall–Kier alpha value is -0.520. The average Bonchev–Trinajstić information content (AvgIpc) is 2.01. The highest BCUT2D eigenvalue weighted by atomic mass is 35.5. The van der Waals surface area contributed by atoms with E-state index in [4.69, 9.17) is 17.3 Å². The van der Waals surface area contributed by atoms with Crippen molar-refractivity contribution in [3.05, 3.63) is 29.0 Å². The van der Waals surface area contributed by atoms with Crippen molar-refractivity contribution >= 4 is 24.0 Å². The standard InChI is InChI=1S/C8H8ClF3N2.ClH/c9-7-5(2-1-3-14-7)6(13)4-8(10,11)12;/h1-3,6H,4,13H2;1H/t6-;/m1./s1. The van der Waals surface area contributed by atoms with Crippen molar-refractivity contribution in [2.24, 2.45) is 5.73 Å². The number of rotatable bonds is 2. The molecule has 15 heavy (non-hydrogen) atoms. The van der Waals surface area contributed by atoms with Crippen LogP contribution in [0.15, 0.2) is 18.3 Å². The van der Waals surface area contributed by atoms with Crippen molar-refractivity contribution in [2.45, 2.75) is 18.6 Å². The number of alkyl halides is 3. The van der Waals surface area contributed by atoms with Crippen LogP contribution in [0.4, 0.5) is 13.2 Å². The number of halogens is 5. The van der Waals surface area contributed by atoms with Gasteiger partial charge in [0.25, 0.3) is 0 Å². The predicted octanol–water partition coefficient (Wildman–Crippen LogP) is 3.11. The van der Waals surface area contributed by atoms with Crippen LogP contribution < -0.4 is 5.73 Å². The van der Waals surface area contributed by atoms with Crippen LogP contribution in [0.1, 0.15) is 18.0 Å². The van der Waals surface area contributed by atoms with Crippen LogP contribution in [0.5, 0.6) is 0 Å². The molecule has 0 radical (unpaired) electrons. The van der Waals surface area contributed by atoms with Gasteiger partial charge in [-0.25, -0.2) is 4.98 Å². The molecule has 2 nitrogen and oxygen atoms in total. The molecule has 1 rings (SSSR count). The lowest BCUT2D eigenvalue weighted by molar-refractivity contribution is -0.138. The summed E-state index contributed by atoms with van der Waals surface area (Å²) in [5.41, 5.74) is 5.55. The van der Waals surface area contributed by atoms with Crippen molar-refractivity contribution in [2.75, 3.05) is 0 Å². The Morgan fingerprint density at radius 1 is 1.47 bits per heavy atom. The van der Waals surface area contributed by atoms with Gasteiger partial charge < -0.3 is 5.73 Å². The van der Waals surface area contributed by atoms with Crippen LogP contribution >= 0.6 is 24.0 Å². The van der Waals surface area contributed by atoms with Gasteiger partial charge in [-0.3, -0.25) is 0 Å². The molecule has 1 aromatic heterocycles. The Morgan fingerprint density at radius 2 is 2.07 bits per heavy atom. The highest BCUT2D eigenvalue weighted by Gasteiger charge is 2.31. The highest BCUT2D eigenvalue weighted by Crippen LogP contribution is 2.30. The zero-order valence-electron chi connectivity index (χ0n) is 7.46. The van der Waals surface area contributed by atoms with E-state index >= 15 is 0 Å². The Kier molecular flexibility index (Phi) is 5.34. The monoisotopic (exact) mass is 260 g/mol. The summed E-state index contributed by atoms with van der Waals surface area (Å²) in [6, 6.07) is 1.78. The summed E-state index contributed by atoms with van der Waals surface area (Å²) in [5.74, 6) is 0. The molecule has 0 fully saturated rings. The first kappa shape index (κ1) is 14.5. The maximum absolute atomic E-state index is 12.0. The molecule has 0 aliphatic carbocycles. The van der Waals surface area contributed by atoms with E-state index in [1.165, 1.54) is 18.3 Å². The molecule has 1 aromatic rings. The zero-order chi connectivity index (χ0) is 10.8. The molecule has 0 saturated carbocycles. The van der Waals surface area contributed by atoms with Crippen LogP contribution in [0.25, 0.3) is 0 Å². The molecule has 7 heteroatoms. The van der Waals surface area contributed by atoms with Gasteiger partial charge >= 0.3 is 6.18 Å². The van der Waals surface area contributed by atoms with E-state index in [1.807, 2.05) is 0 Å². The van der Waals surface area contributed by atoms with Gasteiger partial charge in [0.05, 0.1) is 6.42 Å². The quantitative estimate of drug-likeness (QED) is 0.831. The highest BCUT2D eigenvalue weighted by molar-refractivity contribution is 6.30. The molecule has 0 aromatic carbocycles. The summed E-state index contributed by atoms with van der Waals surface area (Å²) in [5, 5.41) is 0.0178. The Balaban J connectivity index is 0.00000196. The summed E-state index contributed by atoms with van der Waals surface area (Å²) in [6.07, 6.45) is -4.00. The van der Waals surface area contributed by atoms with E-state index in [-0.39, 0.29) is 23.1 Å². The van der Waals surface area contributed by atoms with E-state index < -0.39 is 18.6 Å². The fourth-order valence-electron chi connectivity index (χ4n) is 1.03. The van der Waals surface area contributed by atoms with Gasteiger partial charge in [-0.2, -0.15) is 13.2 Å². The molecule has 1 atom stereocenters.